The van der Waals surface area contributed by atoms with Crippen molar-refractivity contribution in [3.63, 3.8) is 0 Å². The molecule has 4 nitrogen and oxygen atoms in total. The van der Waals surface area contributed by atoms with Crippen LogP contribution in [0.15, 0.2) is 18.3 Å². The number of nitrogens with one attached hydrogen (secondary N) is 1. The topological polar surface area (TPSA) is 68.0 Å². The van der Waals surface area contributed by atoms with Crippen molar-refractivity contribution in [3.8, 4) is 0 Å². The molecule has 1 aromatic heterocycles. The molecule has 21 heavy (non-hydrogen) atoms. The minimum Gasteiger partial charge on any atom is -0.352 e. The second-order valence-corrected chi connectivity index (χ2v) is 5.92. The first kappa shape index (κ1) is 17.9. The van der Waals surface area contributed by atoms with Gasteiger partial charge in [0.05, 0.1) is 5.69 Å². The number of carbonyl (C=O) groups is 1. The summed E-state index contributed by atoms with van der Waals surface area (Å²) < 4.78 is 0. The maximum atomic E-state index is 12.0. The average Bonchev–Trinajstić information content (AvgIpc) is 2.47. The fourth-order valence-corrected chi connectivity index (χ4v) is 3.04. The summed E-state index contributed by atoms with van der Waals surface area (Å²) in [5, 5.41) is 3.00. The number of pyridine rings is 1. The first-order chi connectivity index (χ1) is 9.69. The van der Waals surface area contributed by atoms with Gasteiger partial charge in [0.1, 0.15) is 0 Å². The van der Waals surface area contributed by atoms with E-state index in [0.717, 1.165) is 30.5 Å². The highest BCUT2D eigenvalue weighted by atomic mass is 35.5. The van der Waals surface area contributed by atoms with Crippen molar-refractivity contribution in [2.45, 2.75) is 45.6 Å². The molecule has 1 aromatic rings. The van der Waals surface area contributed by atoms with Crippen LogP contribution in [0.3, 0.4) is 0 Å². The van der Waals surface area contributed by atoms with Crippen LogP contribution in [0, 0.1) is 11.8 Å². The number of aromatic nitrogens is 1. The zero-order valence-corrected chi connectivity index (χ0v) is 13.5. The summed E-state index contributed by atoms with van der Waals surface area (Å²) in [6.45, 7) is 3.45. The van der Waals surface area contributed by atoms with Gasteiger partial charge in [0.25, 0.3) is 5.91 Å². The van der Waals surface area contributed by atoms with Crippen molar-refractivity contribution < 1.29 is 4.79 Å². The lowest BCUT2D eigenvalue weighted by atomic mass is 9.81. The lowest BCUT2D eigenvalue weighted by Crippen LogP contribution is -2.27. The van der Waals surface area contributed by atoms with E-state index in [-0.39, 0.29) is 18.3 Å². The molecule has 0 saturated heterocycles. The molecule has 1 heterocycles. The van der Waals surface area contributed by atoms with Crippen LogP contribution in [-0.4, -0.2) is 17.4 Å². The standard InChI is InChI=1S/C16H25N3O.ClH/c1-12-3-2-4-13(9-12)5-7-19-16(20)14-6-8-18-15(10-14)11-17;/h6,8,10,12-13H,2-5,7,9,11,17H2,1H3,(H,19,20);1H. The Labute approximate surface area is 133 Å². The van der Waals surface area contributed by atoms with Crippen molar-refractivity contribution in [2.24, 2.45) is 17.6 Å². The maximum absolute atomic E-state index is 12.0. The van der Waals surface area contributed by atoms with Gasteiger partial charge in [0.2, 0.25) is 0 Å². The molecule has 1 aliphatic rings. The summed E-state index contributed by atoms with van der Waals surface area (Å²) in [6, 6.07) is 3.50. The number of rotatable bonds is 5. The molecule has 1 saturated carbocycles. The van der Waals surface area contributed by atoms with Crippen LogP contribution in [0.5, 0.6) is 0 Å². The first-order valence-corrected chi connectivity index (χ1v) is 7.62. The Morgan fingerprint density at radius 1 is 1.48 bits per heavy atom. The lowest BCUT2D eigenvalue weighted by molar-refractivity contribution is 0.0949. The molecule has 3 N–H and O–H groups in total. The molecule has 0 aromatic carbocycles. The number of nitrogens with zero attached hydrogens (tertiary/aromatic N) is 1. The molecule has 2 unspecified atom stereocenters. The second-order valence-electron chi connectivity index (χ2n) is 5.92. The van der Waals surface area contributed by atoms with Gasteiger partial charge >= 0.3 is 0 Å². The summed E-state index contributed by atoms with van der Waals surface area (Å²) in [5.41, 5.74) is 6.93. The molecular formula is C16H26ClN3O. The van der Waals surface area contributed by atoms with Crippen molar-refractivity contribution in [1.82, 2.24) is 10.3 Å². The van der Waals surface area contributed by atoms with Crippen molar-refractivity contribution in [1.29, 1.82) is 0 Å². The monoisotopic (exact) mass is 311 g/mol. The third-order valence-corrected chi connectivity index (χ3v) is 4.17. The third kappa shape index (κ3) is 5.64. The molecule has 2 atom stereocenters. The summed E-state index contributed by atoms with van der Waals surface area (Å²) >= 11 is 0. The molecule has 2 rings (SSSR count). The van der Waals surface area contributed by atoms with Crippen molar-refractivity contribution in [2.75, 3.05) is 6.54 Å². The van der Waals surface area contributed by atoms with E-state index in [0.29, 0.717) is 12.1 Å². The Hall–Kier alpha value is -1.13. The zero-order chi connectivity index (χ0) is 14.4. The van der Waals surface area contributed by atoms with Gasteiger partial charge in [-0.05, 0) is 36.8 Å². The molecule has 0 spiro atoms. The molecule has 118 valence electrons. The minimum absolute atomic E-state index is 0. The Balaban J connectivity index is 0.00000220. The molecule has 1 aliphatic carbocycles. The minimum atomic E-state index is -0.0223. The van der Waals surface area contributed by atoms with E-state index in [1.165, 1.54) is 25.7 Å². The second kappa shape index (κ2) is 9.00. The van der Waals surface area contributed by atoms with Crippen LogP contribution >= 0.6 is 12.4 Å². The van der Waals surface area contributed by atoms with Gasteiger partial charge in [-0.2, -0.15) is 0 Å². The van der Waals surface area contributed by atoms with Crippen LogP contribution < -0.4 is 11.1 Å². The predicted octanol–water partition coefficient (Wildman–Crippen LogP) is 2.91. The SMILES string of the molecule is CC1CCCC(CCNC(=O)c2ccnc(CN)c2)C1.Cl. The van der Waals surface area contributed by atoms with Gasteiger partial charge in [-0.15, -0.1) is 12.4 Å². The van der Waals surface area contributed by atoms with Crippen LogP contribution in [-0.2, 0) is 6.54 Å². The maximum Gasteiger partial charge on any atom is 0.251 e. The highest BCUT2D eigenvalue weighted by Crippen LogP contribution is 2.30. The number of hydrogen-bond acceptors (Lipinski definition) is 3. The van der Waals surface area contributed by atoms with Gasteiger partial charge < -0.3 is 11.1 Å². The van der Waals surface area contributed by atoms with E-state index in [1.54, 1.807) is 18.3 Å². The highest BCUT2D eigenvalue weighted by Gasteiger charge is 2.18. The highest BCUT2D eigenvalue weighted by molar-refractivity contribution is 5.94. The summed E-state index contributed by atoms with van der Waals surface area (Å²) in [6.07, 6.45) is 8.05. The van der Waals surface area contributed by atoms with E-state index in [1.807, 2.05) is 0 Å². The molecule has 5 heteroatoms. The molecule has 0 aliphatic heterocycles. The Morgan fingerprint density at radius 3 is 3.00 bits per heavy atom. The lowest BCUT2D eigenvalue weighted by Gasteiger charge is -2.26. The summed E-state index contributed by atoms with van der Waals surface area (Å²) in [5.74, 6) is 1.60. The van der Waals surface area contributed by atoms with E-state index < -0.39 is 0 Å². The van der Waals surface area contributed by atoms with E-state index in [2.05, 4.69) is 17.2 Å². The van der Waals surface area contributed by atoms with Gasteiger partial charge in [0.15, 0.2) is 0 Å². The Kier molecular flexibility index (Phi) is 7.68. The third-order valence-electron chi connectivity index (χ3n) is 4.17. The van der Waals surface area contributed by atoms with Crippen LogP contribution in [0.4, 0.5) is 0 Å². The van der Waals surface area contributed by atoms with E-state index >= 15 is 0 Å². The van der Waals surface area contributed by atoms with Gasteiger partial charge in [-0.1, -0.05) is 26.2 Å². The van der Waals surface area contributed by atoms with Crippen LogP contribution in [0.25, 0.3) is 0 Å². The average molecular weight is 312 g/mol. The fraction of sp³-hybridized carbons (Fsp3) is 0.625. The fourth-order valence-electron chi connectivity index (χ4n) is 3.04. The quantitative estimate of drug-likeness (QED) is 0.878. The van der Waals surface area contributed by atoms with Crippen LogP contribution in [0.1, 0.15) is 55.1 Å². The summed E-state index contributed by atoms with van der Waals surface area (Å²) in [7, 11) is 0. The smallest absolute Gasteiger partial charge is 0.251 e. The first-order valence-electron chi connectivity index (χ1n) is 7.62. The van der Waals surface area contributed by atoms with Gasteiger partial charge in [-0.3, -0.25) is 9.78 Å². The largest absolute Gasteiger partial charge is 0.352 e. The van der Waals surface area contributed by atoms with Crippen molar-refractivity contribution in [3.05, 3.63) is 29.6 Å². The molecule has 0 bridgehead atoms. The van der Waals surface area contributed by atoms with Gasteiger partial charge in [0, 0.05) is 24.8 Å². The van der Waals surface area contributed by atoms with Crippen LogP contribution in [0.2, 0.25) is 0 Å². The molecular weight excluding hydrogens is 286 g/mol. The van der Waals surface area contributed by atoms with Gasteiger partial charge in [-0.25, -0.2) is 0 Å². The Morgan fingerprint density at radius 2 is 2.29 bits per heavy atom. The summed E-state index contributed by atoms with van der Waals surface area (Å²) in [4.78, 5) is 16.1. The number of halogens is 1. The molecule has 0 radical (unpaired) electrons. The predicted molar refractivity (Wildman–Crippen MR) is 87.4 cm³/mol. The van der Waals surface area contributed by atoms with Crippen molar-refractivity contribution >= 4 is 18.3 Å². The zero-order valence-electron chi connectivity index (χ0n) is 12.7. The number of amides is 1. The molecule has 1 fully saturated rings. The number of carbonyl (C=O) groups excluding carboxylic acids is 1. The number of nitrogens with two attached hydrogens (primary N) is 1. The van der Waals surface area contributed by atoms with E-state index in [4.69, 9.17) is 5.73 Å². The molecule has 1 amide bonds. The van der Waals surface area contributed by atoms with E-state index in [9.17, 15) is 4.79 Å². The number of hydrogen-bond donors (Lipinski definition) is 2. The Bertz CT molecular complexity index is 453. The normalized spacial score (nSPS) is 21.4.